The van der Waals surface area contributed by atoms with Crippen LogP contribution in [0.25, 0.3) is 12.2 Å². The molecule has 2 aromatic carbocycles. The molecule has 1 saturated carbocycles. The Bertz CT molecular complexity index is 1160. The first kappa shape index (κ1) is 18.7. The molecule has 28 heavy (non-hydrogen) atoms. The topological polar surface area (TPSA) is 59.2 Å². The number of ketones is 1. The third-order valence-corrected chi connectivity index (χ3v) is 5.65. The van der Waals surface area contributed by atoms with Crippen molar-refractivity contribution >= 4 is 40.9 Å². The fourth-order valence-corrected chi connectivity index (χ4v) is 3.66. The Kier molecular flexibility index (Phi) is 5.46. The second-order valence-corrected chi connectivity index (χ2v) is 8.29. The smallest absolute Gasteiger partial charge is 0.266 e. The fourth-order valence-electron chi connectivity index (χ4n) is 2.65. The number of nitrogens with one attached hydrogen (secondary N) is 1. The summed E-state index contributed by atoms with van der Waals surface area (Å²) in [5.41, 5.74) is 1.21. The van der Waals surface area contributed by atoms with Gasteiger partial charge in [-0.1, -0.05) is 23.7 Å². The number of aromatic amines is 1. The number of thiazole rings is 1. The number of benzene rings is 2. The van der Waals surface area contributed by atoms with Gasteiger partial charge in [0.15, 0.2) is 5.78 Å². The molecule has 4 nitrogen and oxygen atoms in total. The van der Waals surface area contributed by atoms with Crippen LogP contribution in [0.4, 0.5) is 0 Å². The summed E-state index contributed by atoms with van der Waals surface area (Å²) < 4.78 is 6.78. The maximum Gasteiger partial charge on any atom is 0.266 e. The van der Waals surface area contributed by atoms with Gasteiger partial charge in [0, 0.05) is 16.7 Å². The molecule has 0 spiro atoms. The van der Waals surface area contributed by atoms with Crippen LogP contribution in [-0.4, -0.2) is 17.4 Å². The van der Waals surface area contributed by atoms with E-state index in [4.69, 9.17) is 16.3 Å². The first-order valence-corrected chi connectivity index (χ1v) is 10.2. The number of Topliss-reactive ketones (excluding diaryl/α,β-unsaturated/α-hetero) is 1. The predicted molar refractivity (Wildman–Crippen MR) is 113 cm³/mol. The fraction of sp³-hybridized carbons (Fsp3) is 0.182. The van der Waals surface area contributed by atoms with Gasteiger partial charge in [-0.2, -0.15) is 0 Å². The normalized spacial score (nSPS) is 15.0. The molecule has 0 saturated heterocycles. The lowest BCUT2D eigenvalue weighted by Gasteiger charge is -2.04. The molecule has 1 aromatic heterocycles. The van der Waals surface area contributed by atoms with E-state index in [-0.39, 0.29) is 11.3 Å². The quantitative estimate of drug-likeness (QED) is 0.632. The number of rotatable bonds is 6. The first-order chi connectivity index (χ1) is 13.6. The molecule has 0 unspecified atom stereocenters. The summed E-state index contributed by atoms with van der Waals surface area (Å²) in [5, 5.41) is 0.571. The van der Waals surface area contributed by atoms with Gasteiger partial charge in [-0.25, -0.2) is 0 Å². The summed E-state index contributed by atoms with van der Waals surface area (Å²) in [5.74, 6) is 1.37. The number of hydrogen-bond acceptors (Lipinski definition) is 4. The number of halogens is 1. The van der Waals surface area contributed by atoms with Gasteiger partial charge in [-0.05, 0) is 66.8 Å². The van der Waals surface area contributed by atoms with Crippen LogP contribution in [0.1, 0.15) is 28.8 Å². The molecule has 1 N–H and O–H groups in total. The number of hydrogen-bond donors (Lipinski definition) is 1. The van der Waals surface area contributed by atoms with E-state index in [1.807, 2.05) is 24.3 Å². The standard InChI is InChI=1S/C22H18ClNO3S/c23-17-7-5-16(6-8-17)19(25)12-21-24-22(26)20(28-21)11-14-3-9-18(10-4-14)27-13-15-1-2-15/h3-12,15H,1-2,13H2,(H,24,26)/b20-11-,21-12-. The molecule has 0 bridgehead atoms. The molecule has 142 valence electrons. The van der Waals surface area contributed by atoms with E-state index in [1.165, 1.54) is 30.3 Å². The third kappa shape index (κ3) is 4.80. The van der Waals surface area contributed by atoms with Crippen molar-refractivity contribution in [1.82, 2.24) is 4.98 Å². The van der Waals surface area contributed by atoms with Gasteiger partial charge in [0.05, 0.1) is 15.8 Å². The minimum atomic E-state index is -0.214. The van der Waals surface area contributed by atoms with E-state index in [2.05, 4.69) is 4.98 Å². The van der Waals surface area contributed by atoms with Crippen LogP contribution in [-0.2, 0) is 0 Å². The molecular formula is C22H18ClNO3S. The first-order valence-electron chi connectivity index (χ1n) is 9.02. The SMILES string of the molecule is O=C(/C=c1/[nH]c(=O)/c(=C/c2ccc(OCC3CC3)cc2)s1)c1ccc(Cl)cc1. The summed E-state index contributed by atoms with van der Waals surface area (Å²) >= 11 is 7.09. The predicted octanol–water partition coefficient (Wildman–Crippen LogP) is 3.37. The average molecular weight is 412 g/mol. The Morgan fingerprint density at radius 3 is 2.54 bits per heavy atom. The summed E-state index contributed by atoms with van der Waals surface area (Å²) in [6, 6.07) is 14.3. The minimum Gasteiger partial charge on any atom is -0.493 e. The minimum absolute atomic E-state index is 0.183. The molecule has 1 fully saturated rings. The van der Waals surface area contributed by atoms with Gasteiger partial charge >= 0.3 is 0 Å². The van der Waals surface area contributed by atoms with E-state index in [9.17, 15) is 9.59 Å². The van der Waals surface area contributed by atoms with Crippen molar-refractivity contribution in [2.45, 2.75) is 12.8 Å². The summed E-state index contributed by atoms with van der Waals surface area (Å²) in [6.45, 7) is 0.772. The van der Waals surface area contributed by atoms with Crippen molar-refractivity contribution in [3.8, 4) is 5.75 Å². The molecule has 3 aromatic rings. The monoisotopic (exact) mass is 411 g/mol. The van der Waals surface area contributed by atoms with Crippen molar-refractivity contribution in [1.29, 1.82) is 0 Å². The van der Waals surface area contributed by atoms with Crippen molar-refractivity contribution in [3.05, 3.63) is 84.2 Å². The van der Waals surface area contributed by atoms with E-state index in [1.54, 1.807) is 30.3 Å². The number of ether oxygens (including phenoxy) is 1. The van der Waals surface area contributed by atoms with Gasteiger partial charge in [-0.3, -0.25) is 9.59 Å². The molecule has 0 radical (unpaired) electrons. The van der Waals surface area contributed by atoms with Gasteiger partial charge in [-0.15, -0.1) is 11.3 Å². The maximum atomic E-state index is 12.3. The lowest BCUT2D eigenvalue weighted by Crippen LogP contribution is -2.20. The molecule has 0 aliphatic heterocycles. The second kappa shape index (κ2) is 8.17. The Morgan fingerprint density at radius 1 is 1.14 bits per heavy atom. The highest BCUT2D eigenvalue weighted by atomic mass is 35.5. The number of carbonyl (C=O) groups is 1. The van der Waals surface area contributed by atoms with E-state index in [0.29, 0.717) is 25.7 Å². The van der Waals surface area contributed by atoms with Crippen LogP contribution < -0.4 is 19.5 Å². The van der Waals surface area contributed by atoms with Gasteiger partial charge in [0.25, 0.3) is 5.56 Å². The molecular weight excluding hydrogens is 394 g/mol. The second-order valence-electron chi connectivity index (χ2n) is 6.77. The molecule has 4 rings (SSSR count). The Morgan fingerprint density at radius 2 is 1.86 bits per heavy atom. The van der Waals surface area contributed by atoms with Crippen LogP contribution in [0.3, 0.4) is 0 Å². The lowest BCUT2D eigenvalue weighted by molar-refractivity contribution is 0.106. The summed E-state index contributed by atoms with van der Waals surface area (Å²) in [6.07, 6.45) is 5.75. The lowest BCUT2D eigenvalue weighted by atomic mass is 10.1. The summed E-state index contributed by atoms with van der Waals surface area (Å²) in [7, 11) is 0. The summed E-state index contributed by atoms with van der Waals surface area (Å²) in [4.78, 5) is 27.3. The van der Waals surface area contributed by atoms with E-state index < -0.39 is 0 Å². The Balaban J connectivity index is 1.53. The number of carbonyl (C=O) groups excluding carboxylic acids is 1. The Labute approximate surface area is 170 Å². The molecule has 0 atom stereocenters. The highest BCUT2D eigenvalue weighted by molar-refractivity contribution is 7.07. The van der Waals surface area contributed by atoms with Crippen LogP contribution in [0.5, 0.6) is 5.75 Å². The van der Waals surface area contributed by atoms with E-state index >= 15 is 0 Å². The van der Waals surface area contributed by atoms with Crippen LogP contribution in [0.2, 0.25) is 5.02 Å². The number of H-pyrrole nitrogens is 1. The average Bonchev–Trinajstić information content (AvgIpc) is 3.46. The zero-order valence-electron chi connectivity index (χ0n) is 15.0. The van der Waals surface area contributed by atoms with Gasteiger partial charge in [0.2, 0.25) is 0 Å². The van der Waals surface area contributed by atoms with Crippen molar-refractivity contribution in [2.24, 2.45) is 5.92 Å². The van der Waals surface area contributed by atoms with Gasteiger partial charge in [0.1, 0.15) is 5.75 Å². The number of aromatic nitrogens is 1. The van der Waals surface area contributed by atoms with Crippen LogP contribution in [0, 0.1) is 5.92 Å². The molecule has 1 aliphatic carbocycles. The Hall–Kier alpha value is -2.63. The van der Waals surface area contributed by atoms with Crippen LogP contribution >= 0.6 is 22.9 Å². The molecule has 1 aliphatic rings. The highest BCUT2D eigenvalue weighted by Gasteiger charge is 2.21. The van der Waals surface area contributed by atoms with Gasteiger partial charge < -0.3 is 9.72 Å². The largest absolute Gasteiger partial charge is 0.493 e. The maximum absolute atomic E-state index is 12.3. The van der Waals surface area contributed by atoms with Crippen molar-refractivity contribution < 1.29 is 9.53 Å². The van der Waals surface area contributed by atoms with E-state index in [0.717, 1.165) is 17.9 Å². The van der Waals surface area contributed by atoms with Crippen molar-refractivity contribution in [2.75, 3.05) is 6.61 Å². The molecule has 6 heteroatoms. The van der Waals surface area contributed by atoms with Crippen molar-refractivity contribution in [3.63, 3.8) is 0 Å². The highest BCUT2D eigenvalue weighted by Crippen LogP contribution is 2.29. The van der Waals surface area contributed by atoms with Crippen LogP contribution in [0.15, 0.2) is 53.3 Å². The molecule has 1 heterocycles. The molecule has 0 amide bonds. The zero-order valence-corrected chi connectivity index (χ0v) is 16.6. The zero-order chi connectivity index (χ0) is 19.5. The third-order valence-electron chi connectivity index (χ3n) is 4.43.